The van der Waals surface area contributed by atoms with Gasteiger partial charge in [-0.2, -0.15) is 0 Å². The second-order valence-corrected chi connectivity index (χ2v) is 5.63. The van der Waals surface area contributed by atoms with Crippen LogP contribution in [0, 0.1) is 0 Å². The molecule has 2 nitrogen and oxygen atoms in total. The maximum atomic E-state index is 11.3. The van der Waals surface area contributed by atoms with E-state index in [-0.39, 0.29) is 17.2 Å². The zero-order chi connectivity index (χ0) is 11.7. The Morgan fingerprint density at radius 1 is 1.44 bits per heavy atom. The minimum atomic E-state index is -0.0951. The van der Waals surface area contributed by atoms with Gasteiger partial charge in [0.25, 0.3) is 0 Å². The molecule has 0 aromatic heterocycles. The maximum absolute atomic E-state index is 11.3. The Morgan fingerprint density at radius 3 is 2.56 bits per heavy atom. The average Bonchev–Trinajstić information content (AvgIpc) is 2.66. The molecule has 1 aliphatic heterocycles. The van der Waals surface area contributed by atoms with Crippen LogP contribution >= 0.6 is 35.0 Å². The molecule has 0 amide bonds. The van der Waals surface area contributed by atoms with Gasteiger partial charge in [-0.1, -0.05) is 29.3 Å². The van der Waals surface area contributed by atoms with Crippen molar-refractivity contribution in [2.24, 2.45) is 0 Å². The second kappa shape index (κ2) is 4.96. The van der Waals surface area contributed by atoms with Crippen molar-refractivity contribution in [3.8, 4) is 0 Å². The molecule has 1 aliphatic rings. The fourth-order valence-corrected chi connectivity index (χ4v) is 3.78. The first kappa shape index (κ1) is 12.2. The molecule has 1 saturated heterocycles. The minimum absolute atomic E-state index is 0.00935. The van der Waals surface area contributed by atoms with Crippen LogP contribution in [0.2, 0.25) is 10.0 Å². The van der Waals surface area contributed by atoms with Gasteiger partial charge in [-0.05, 0) is 19.1 Å². The van der Waals surface area contributed by atoms with Gasteiger partial charge in [-0.25, -0.2) is 0 Å². The molecule has 2 rings (SSSR count). The predicted molar refractivity (Wildman–Crippen MR) is 69.3 cm³/mol. The number of ketones is 1. The van der Waals surface area contributed by atoms with Crippen LogP contribution in [0.1, 0.15) is 17.9 Å². The molecule has 0 saturated carbocycles. The Bertz CT molecular complexity index is 404. The first-order chi connectivity index (χ1) is 7.59. The van der Waals surface area contributed by atoms with Crippen LogP contribution in [0.25, 0.3) is 0 Å². The van der Waals surface area contributed by atoms with Crippen molar-refractivity contribution in [1.29, 1.82) is 0 Å². The molecular weight excluding hydrogens is 265 g/mol. The molecule has 86 valence electrons. The van der Waals surface area contributed by atoms with E-state index >= 15 is 0 Å². The summed E-state index contributed by atoms with van der Waals surface area (Å²) in [7, 11) is 0. The zero-order valence-electron chi connectivity index (χ0n) is 8.67. The summed E-state index contributed by atoms with van der Waals surface area (Å²) >= 11 is 13.9. The highest BCUT2D eigenvalue weighted by Crippen LogP contribution is 2.40. The number of nitrogens with one attached hydrogen (secondary N) is 1. The van der Waals surface area contributed by atoms with Gasteiger partial charge in [0.05, 0.1) is 11.4 Å². The number of carbonyl (C=O) groups excluding carboxylic acids is 1. The highest BCUT2D eigenvalue weighted by Gasteiger charge is 2.30. The Labute approximate surface area is 109 Å². The molecule has 1 aromatic carbocycles. The lowest BCUT2D eigenvalue weighted by atomic mass is 10.2. The van der Waals surface area contributed by atoms with E-state index in [4.69, 9.17) is 23.2 Å². The van der Waals surface area contributed by atoms with Crippen molar-refractivity contribution in [1.82, 2.24) is 5.32 Å². The van der Waals surface area contributed by atoms with Crippen LogP contribution < -0.4 is 5.32 Å². The average molecular weight is 276 g/mol. The number of halogens is 2. The Hall–Kier alpha value is -0.220. The largest absolute Gasteiger partial charge is 0.298 e. The minimum Gasteiger partial charge on any atom is -0.298 e. The molecule has 0 spiro atoms. The van der Waals surface area contributed by atoms with Gasteiger partial charge in [0.1, 0.15) is 5.78 Å². The maximum Gasteiger partial charge on any atom is 0.147 e. The van der Waals surface area contributed by atoms with E-state index in [9.17, 15) is 4.79 Å². The molecule has 1 heterocycles. The van der Waals surface area contributed by atoms with Gasteiger partial charge in [-0.15, -0.1) is 11.8 Å². The number of rotatable bonds is 2. The lowest BCUT2D eigenvalue weighted by Gasteiger charge is -2.14. The third kappa shape index (κ3) is 2.38. The highest BCUT2D eigenvalue weighted by molar-refractivity contribution is 7.99. The van der Waals surface area contributed by atoms with Gasteiger partial charge in [0, 0.05) is 21.4 Å². The number of hydrogen-bond donors (Lipinski definition) is 1. The Kier molecular flexibility index (Phi) is 3.80. The van der Waals surface area contributed by atoms with E-state index in [0.717, 1.165) is 11.3 Å². The predicted octanol–water partition coefficient (Wildman–Crippen LogP) is 3.29. The topological polar surface area (TPSA) is 29.1 Å². The molecule has 0 aliphatic carbocycles. The summed E-state index contributed by atoms with van der Waals surface area (Å²) in [4.78, 5) is 11.3. The smallest absolute Gasteiger partial charge is 0.147 e. The molecule has 1 unspecified atom stereocenters. The summed E-state index contributed by atoms with van der Waals surface area (Å²) in [6.07, 6.45) is 0. The van der Waals surface area contributed by atoms with E-state index in [2.05, 4.69) is 5.32 Å². The Morgan fingerprint density at radius 2 is 2.06 bits per heavy atom. The van der Waals surface area contributed by atoms with E-state index in [1.807, 2.05) is 18.2 Å². The fraction of sp³-hybridized carbons (Fsp3) is 0.364. The lowest BCUT2D eigenvalue weighted by Crippen LogP contribution is -2.32. The molecule has 0 bridgehead atoms. The summed E-state index contributed by atoms with van der Waals surface area (Å²) < 4.78 is 0. The summed E-state index contributed by atoms with van der Waals surface area (Å²) in [5.74, 6) is 0.917. The van der Waals surface area contributed by atoms with E-state index in [1.165, 1.54) is 0 Å². The van der Waals surface area contributed by atoms with Crippen molar-refractivity contribution in [2.75, 3.05) is 5.75 Å². The van der Waals surface area contributed by atoms with Crippen molar-refractivity contribution >= 4 is 40.7 Å². The van der Waals surface area contributed by atoms with Crippen LogP contribution in [0.4, 0.5) is 0 Å². The van der Waals surface area contributed by atoms with Gasteiger partial charge in [-0.3, -0.25) is 10.1 Å². The van der Waals surface area contributed by atoms with Crippen molar-refractivity contribution in [3.63, 3.8) is 0 Å². The summed E-state index contributed by atoms with van der Waals surface area (Å²) in [6.45, 7) is 1.59. The quantitative estimate of drug-likeness (QED) is 0.898. The highest BCUT2D eigenvalue weighted by atomic mass is 35.5. The number of hydrogen-bond acceptors (Lipinski definition) is 3. The van der Waals surface area contributed by atoms with Crippen LogP contribution in [0.15, 0.2) is 18.2 Å². The molecule has 1 fully saturated rings. The van der Waals surface area contributed by atoms with Gasteiger partial charge in [0.15, 0.2) is 0 Å². The third-order valence-corrected chi connectivity index (χ3v) is 4.42. The van der Waals surface area contributed by atoms with E-state index < -0.39 is 0 Å². The molecule has 1 aromatic rings. The fourth-order valence-electron chi connectivity index (χ4n) is 1.63. The van der Waals surface area contributed by atoms with Gasteiger partial charge < -0.3 is 0 Å². The monoisotopic (exact) mass is 275 g/mol. The molecule has 1 N–H and O–H groups in total. The van der Waals surface area contributed by atoms with Crippen LogP contribution in [0.5, 0.6) is 0 Å². The van der Waals surface area contributed by atoms with E-state index in [0.29, 0.717) is 10.0 Å². The van der Waals surface area contributed by atoms with Crippen molar-refractivity contribution in [2.45, 2.75) is 18.3 Å². The molecule has 16 heavy (non-hydrogen) atoms. The first-order valence-corrected chi connectivity index (χ1v) is 6.72. The van der Waals surface area contributed by atoms with Gasteiger partial charge >= 0.3 is 0 Å². The first-order valence-electron chi connectivity index (χ1n) is 4.91. The van der Waals surface area contributed by atoms with Crippen LogP contribution in [0.3, 0.4) is 0 Å². The molecule has 0 radical (unpaired) electrons. The lowest BCUT2D eigenvalue weighted by molar-refractivity contribution is -0.118. The number of carbonyl (C=O) groups is 1. The second-order valence-electron chi connectivity index (χ2n) is 3.68. The summed E-state index contributed by atoms with van der Waals surface area (Å²) in [6, 6.07) is 5.34. The molecule has 5 heteroatoms. The van der Waals surface area contributed by atoms with Gasteiger partial charge in [0.2, 0.25) is 0 Å². The van der Waals surface area contributed by atoms with Crippen molar-refractivity contribution in [3.05, 3.63) is 33.8 Å². The number of thioether (sulfide) groups is 1. The van der Waals surface area contributed by atoms with Crippen LogP contribution in [-0.4, -0.2) is 17.6 Å². The Balaban J connectivity index is 2.24. The van der Waals surface area contributed by atoms with E-state index in [1.54, 1.807) is 18.7 Å². The third-order valence-electron chi connectivity index (χ3n) is 2.53. The standard InChI is InChI=1S/C11H11Cl2NOS/c1-6(15)9-5-16-11(14-9)10-7(12)3-2-4-8(10)13/h2-4,9,11,14H,5H2,1H3/t9-,11?/m0/s1. The molecular formula is C11H11Cl2NOS. The number of benzene rings is 1. The zero-order valence-corrected chi connectivity index (χ0v) is 11.0. The van der Waals surface area contributed by atoms with Crippen molar-refractivity contribution < 1.29 is 4.79 Å². The van der Waals surface area contributed by atoms with Crippen LogP contribution in [-0.2, 0) is 4.79 Å². The summed E-state index contributed by atoms with van der Waals surface area (Å²) in [5.41, 5.74) is 0.875. The molecule has 2 atom stereocenters. The SMILES string of the molecule is CC(=O)[C@@H]1CSC(c2c(Cl)cccc2Cl)N1. The summed E-state index contributed by atoms with van der Waals surface area (Å²) in [5, 5.41) is 4.52. The normalized spacial score (nSPS) is 24.7. The number of Topliss-reactive ketones (excluding diaryl/α,β-unsaturated/α-hetero) is 1.